The smallest absolute Gasteiger partial charge is 0.264 e. The normalized spacial score (nSPS) is 12.8. The number of hydrogen-bond acceptors (Lipinski definition) is 4. The predicted octanol–water partition coefficient (Wildman–Crippen LogP) is 5.56. The molecule has 0 bridgehead atoms. The van der Waals surface area contributed by atoms with Crippen molar-refractivity contribution in [3.8, 4) is 0 Å². The molecule has 0 aliphatic heterocycles. The third-order valence-corrected chi connectivity index (χ3v) is 8.62. The lowest BCUT2D eigenvalue weighted by atomic mass is 10.1. The highest BCUT2D eigenvalue weighted by Gasteiger charge is 2.32. The number of anilines is 1. The van der Waals surface area contributed by atoms with Crippen LogP contribution in [0.5, 0.6) is 0 Å². The molecule has 3 rings (SSSR count). The molecule has 0 heterocycles. The number of benzene rings is 3. The lowest BCUT2D eigenvalue weighted by Crippen LogP contribution is -2.53. The molecular formula is C29H33Cl2N3O4S. The Hall–Kier alpha value is -3.07. The molecule has 10 heteroatoms. The van der Waals surface area contributed by atoms with Gasteiger partial charge in [0, 0.05) is 22.6 Å². The van der Waals surface area contributed by atoms with Crippen LogP contribution in [0.25, 0.3) is 0 Å². The molecule has 39 heavy (non-hydrogen) atoms. The Kier molecular flexibility index (Phi) is 10.8. The van der Waals surface area contributed by atoms with Crippen LogP contribution in [-0.2, 0) is 26.0 Å². The number of rotatable bonds is 12. The number of nitrogens with zero attached hydrogens (tertiary/aromatic N) is 2. The summed E-state index contributed by atoms with van der Waals surface area (Å²) in [6, 6.07) is 20.8. The monoisotopic (exact) mass is 589 g/mol. The molecule has 3 aromatic carbocycles. The standard InChI is InChI=1S/C29H33Cl2N3O4S/c1-4-21(2)32-29(36)22(3)33(16-15-23-11-7-5-8-12-23)28(35)20-34(26-18-24(30)17-25(31)19-26)39(37,38)27-13-9-6-10-14-27/h5-14,17-19,21-22H,4,15-16,20H2,1-3H3,(H,32,36)/t21-,22-/m1/s1. The van der Waals surface area contributed by atoms with Crippen molar-refractivity contribution in [2.75, 3.05) is 17.4 Å². The zero-order valence-electron chi connectivity index (χ0n) is 22.2. The third kappa shape index (κ3) is 8.21. The van der Waals surface area contributed by atoms with Gasteiger partial charge in [0.2, 0.25) is 11.8 Å². The van der Waals surface area contributed by atoms with Crippen molar-refractivity contribution in [2.45, 2.75) is 50.6 Å². The summed E-state index contributed by atoms with van der Waals surface area (Å²) in [6.07, 6.45) is 1.22. The van der Waals surface area contributed by atoms with E-state index < -0.39 is 28.5 Å². The van der Waals surface area contributed by atoms with Crippen LogP contribution in [0, 0.1) is 0 Å². The average molecular weight is 591 g/mol. The number of halogens is 2. The van der Waals surface area contributed by atoms with Gasteiger partial charge < -0.3 is 10.2 Å². The van der Waals surface area contributed by atoms with E-state index in [-0.39, 0.29) is 39.1 Å². The first-order chi connectivity index (χ1) is 18.5. The Morgan fingerprint density at radius 3 is 2.03 bits per heavy atom. The number of nitrogens with one attached hydrogen (secondary N) is 1. The minimum absolute atomic E-state index is 0.00676. The van der Waals surface area contributed by atoms with Crippen LogP contribution >= 0.6 is 23.2 Å². The molecule has 0 aliphatic carbocycles. The Bertz CT molecular complexity index is 1350. The molecule has 3 aromatic rings. The van der Waals surface area contributed by atoms with Crippen molar-refractivity contribution in [2.24, 2.45) is 0 Å². The summed E-state index contributed by atoms with van der Waals surface area (Å²) >= 11 is 12.4. The van der Waals surface area contributed by atoms with Crippen molar-refractivity contribution in [3.05, 3.63) is 94.5 Å². The van der Waals surface area contributed by atoms with Crippen LogP contribution in [-0.4, -0.2) is 50.3 Å². The van der Waals surface area contributed by atoms with E-state index in [1.165, 1.54) is 35.2 Å². The van der Waals surface area contributed by atoms with Crippen LogP contribution in [0.15, 0.2) is 83.8 Å². The van der Waals surface area contributed by atoms with Gasteiger partial charge in [0.1, 0.15) is 12.6 Å². The van der Waals surface area contributed by atoms with Crippen LogP contribution in [0.3, 0.4) is 0 Å². The summed E-state index contributed by atoms with van der Waals surface area (Å²) in [6.45, 7) is 5.15. The van der Waals surface area contributed by atoms with Gasteiger partial charge in [-0.15, -0.1) is 0 Å². The Labute approximate surface area is 240 Å². The summed E-state index contributed by atoms with van der Waals surface area (Å²) in [5, 5.41) is 3.36. The minimum Gasteiger partial charge on any atom is -0.352 e. The second-order valence-corrected chi connectivity index (χ2v) is 12.0. The fourth-order valence-electron chi connectivity index (χ4n) is 3.97. The third-order valence-electron chi connectivity index (χ3n) is 6.40. The molecule has 0 unspecified atom stereocenters. The van der Waals surface area contributed by atoms with Gasteiger partial charge in [-0.3, -0.25) is 13.9 Å². The van der Waals surface area contributed by atoms with Crippen LogP contribution in [0.2, 0.25) is 10.0 Å². The molecule has 0 radical (unpaired) electrons. The van der Waals surface area contributed by atoms with E-state index in [1.807, 2.05) is 44.2 Å². The maximum absolute atomic E-state index is 13.9. The second kappa shape index (κ2) is 13.8. The van der Waals surface area contributed by atoms with Gasteiger partial charge in [-0.05, 0) is 62.6 Å². The molecule has 0 saturated carbocycles. The lowest BCUT2D eigenvalue weighted by Gasteiger charge is -2.32. The Balaban J connectivity index is 1.99. The Morgan fingerprint density at radius 1 is 0.897 bits per heavy atom. The fraction of sp³-hybridized carbons (Fsp3) is 0.310. The predicted molar refractivity (Wildman–Crippen MR) is 157 cm³/mol. The van der Waals surface area contributed by atoms with E-state index in [4.69, 9.17) is 23.2 Å². The average Bonchev–Trinajstić information content (AvgIpc) is 2.92. The molecule has 2 atom stereocenters. The molecule has 0 aliphatic rings. The van der Waals surface area contributed by atoms with Crippen LogP contribution in [0.1, 0.15) is 32.8 Å². The molecule has 0 spiro atoms. The van der Waals surface area contributed by atoms with Crippen molar-refractivity contribution in [1.82, 2.24) is 10.2 Å². The number of carbonyl (C=O) groups excluding carboxylic acids is 2. The van der Waals surface area contributed by atoms with Gasteiger partial charge in [0.25, 0.3) is 10.0 Å². The van der Waals surface area contributed by atoms with Gasteiger partial charge in [-0.25, -0.2) is 8.42 Å². The van der Waals surface area contributed by atoms with E-state index in [2.05, 4.69) is 5.32 Å². The molecular weight excluding hydrogens is 557 g/mol. The highest BCUT2D eigenvalue weighted by molar-refractivity contribution is 7.92. The molecule has 0 fully saturated rings. The van der Waals surface area contributed by atoms with Gasteiger partial charge in [-0.1, -0.05) is 78.7 Å². The first kappa shape index (κ1) is 30.5. The van der Waals surface area contributed by atoms with E-state index >= 15 is 0 Å². The highest BCUT2D eigenvalue weighted by Crippen LogP contribution is 2.30. The van der Waals surface area contributed by atoms with E-state index in [1.54, 1.807) is 25.1 Å². The van der Waals surface area contributed by atoms with Crippen LogP contribution < -0.4 is 9.62 Å². The lowest BCUT2D eigenvalue weighted by molar-refractivity contribution is -0.139. The minimum atomic E-state index is -4.18. The summed E-state index contributed by atoms with van der Waals surface area (Å²) in [7, 11) is -4.18. The van der Waals surface area contributed by atoms with Crippen LogP contribution in [0.4, 0.5) is 5.69 Å². The van der Waals surface area contributed by atoms with Crippen molar-refractivity contribution >= 4 is 50.7 Å². The molecule has 2 amide bonds. The number of carbonyl (C=O) groups is 2. The summed E-state index contributed by atoms with van der Waals surface area (Å²) in [4.78, 5) is 28.4. The zero-order chi connectivity index (χ0) is 28.6. The summed E-state index contributed by atoms with van der Waals surface area (Å²) in [5.41, 5.74) is 1.13. The van der Waals surface area contributed by atoms with Crippen molar-refractivity contribution < 1.29 is 18.0 Å². The molecule has 7 nitrogen and oxygen atoms in total. The topological polar surface area (TPSA) is 86.8 Å². The molecule has 0 saturated heterocycles. The summed E-state index contributed by atoms with van der Waals surface area (Å²) < 4.78 is 28.5. The van der Waals surface area contributed by atoms with Gasteiger partial charge in [0.05, 0.1) is 10.6 Å². The maximum Gasteiger partial charge on any atom is 0.264 e. The fourth-order valence-corrected chi connectivity index (χ4v) is 5.90. The van der Waals surface area contributed by atoms with E-state index in [9.17, 15) is 18.0 Å². The van der Waals surface area contributed by atoms with Gasteiger partial charge >= 0.3 is 0 Å². The van der Waals surface area contributed by atoms with Crippen molar-refractivity contribution in [3.63, 3.8) is 0 Å². The molecule has 208 valence electrons. The number of amides is 2. The first-order valence-corrected chi connectivity index (χ1v) is 14.9. The highest BCUT2D eigenvalue weighted by atomic mass is 35.5. The summed E-state index contributed by atoms with van der Waals surface area (Å²) in [5.74, 6) is -0.845. The van der Waals surface area contributed by atoms with Gasteiger partial charge in [0.15, 0.2) is 0 Å². The number of hydrogen-bond donors (Lipinski definition) is 1. The second-order valence-electron chi connectivity index (χ2n) is 9.27. The largest absolute Gasteiger partial charge is 0.352 e. The SMILES string of the molecule is CC[C@@H](C)NC(=O)[C@@H](C)N(CCc1ccccc1)C(=O)CN(c1cc(Cl)cc(Cl)c1)S(=O)(=O)c1ccccc1. The molecule has 1 N–H and O–H groups in total. The zero-order valence-corrected chi connectivity index (χ0v) is 24.5. The molecule has 0 aromatic heterocycles. The van der Waals surface area contributed by atoms with E-state index in [0.717, 1.165) is 16.3 Å². The maximum atomic E-state index is 13.9. The van der Waals surface area contributed by atoms with Gasteiger partial charge in [-0.2, -0.15) is 0 Å². The first-order valence-electron chi connectivity index (χ1n) is 12.7. The number of sulfonamides is 1. The van der Waals surface area contributed by atoms with E-state index in [0.29, 0.717) is 6.42 Å². The van der Waals surface area contributed by atoms with Crippen molar-refractivity contribution in [1.29, 1.82) is 0 Å². The quantitative estimate of drug-likeness (QED) is 0.299. The Morgan fingerprint density at radius 2 is 1.46 bits per heavy atom.